The number of amides is 1. The molecule has 148 valence electrons. The van der Waals surface area contributed by atoms with Crippen LogP contribution in [-0.2, 0) is 0 Å². The first-order valence-electron chi connectivity index (χ1n) is 10.6. The van der Waals surface area contributed by atoms with Gasteiger partial charge in [0.2, 0.25) is 0 Å². The van der Waals surface area contributed by atoms with E-state index in [1.807, 2.05) is 30.0 Å². The molecule has 3 nitrogen and oxygen atoms in total. The van der Waals surface area contributed by atoms with Crippen LogP contribution in [0.3, 0.4) is 0 Å². The second kappa shape index (κ2) is 9.62. The van der Waals surface area contributed by atoms with Crippen molar-refractivity contribution in [1.82, 2.24) is 9.80 Å². The Morgan fingerprint density at radius 1 is 0.857 bits per heavy atom. The highest BCUT2D eigenvalue weighted by atomic mass is 32.2. The first kappa shape index (κ1) is 19.5. The fourth-order valence-electron chi connectivity index (χ4n) is 4.29. The summed E-state index contributed by atoms with van der Waals surface area (Å²) in [5.41, 5.74) is 3.17. The van der Waals surface area contributed by atoms with Gasteiger partial charge in [0.1, 0.15) is 0 Å². The first-order valence-corrected chi connectivity index (χ1v) is 11.7. The van der Waals surface area contributed by atoms with E-state index >= 15 is 0 Å². The van der Waals surface area contributed by atoms with Gasteiger partial charge in [-0.05, 0) is 61.4 Å². The van der Waals surface area contributed by atoms with Gasteiger partial charge in [0.15, 0.2) is 0 Å². The monoisotopic (exact) mass is 394 g/mol. The molecule has 2 saturated heterocycles. The molecule has 0 aromatic heterocycles. The van der Waals surface area contributed by atoms with Crippen molar-refractivity contribution < 1.29 is 4.79 Å². The topological polar surface area (TPSA) is 23.6 Å². The highest BCUT2D eigenvalue weighted by molar-refractivity contribution is 7.99. The van der Waals surface area contributed by atoms with Gasteiger partial charge < -0.3 is 9.80 Å². The number of hydrogen-bond donors (Lipinski definition) is 0. The van der Waals surface area contributed by atoms with Crippen molar-refractivity contribution >= 4 is 17.7 Å². The minimum atomic E-state index is 0.198. The Hall–Kier alpha value is -1.78. The number of likely N-dealkylation sites (tertiary alicyclic amines) is 1. The van der Waals surface area contributed by atoms with E-state index in [2.05, 4.69) is 46.2 Å². The maximum Gasteiger partial charge on any atom is 0.254 e. The predicted molar refractivity (Wildman–Crippen MR) is 119 cm³/mol. The summed E-state index contributed by atoms with van der Waals surface area (Å²) < 4.78 is 0. The number of rotatable bonds is 4. The third-order valence-electron chi connectivity index (χ3n) is 5.86. The van der Waals surface area contributed by atoms with Crippen molar-refractivity contribution in [3.8, 4) is 11.1 Å². The van der Waals surface area contributed by atoms with Crippen molar-refractivity contribution in [1.29, 1.82) is 0 Å². The zero-order valence-electron chi connectivity index (χ0n) is 16.6. The minimum absolute atomic E-state index is 0.198. The summed E-state index contributed by atoms with van der Waals surface area (Å²) in [7, 11) is 0. The standard InChI is InChI=1S/C24H30N2OS/c27-24(22-12-10-21(11-13-22)20-8-3-1-4-9-20)26-16-7-17-28-19-23(26)18-25-14-5-2-6-15-25/h1,3-4,8-13,23H,2,5-7,14-19H2. The lowest BCUT2D eigenvalue weighted by Gasteiger charge is -2.35. The average molecular weight is 395 g/mol. The van der Waals surface area contributed by atoms with E-state index in [0.717, 1.165) is 42.1 Å². The lowest BCUT2D eigenvalue weighted by molar-refractivity contribution is 0.0645. The van der Waals surface area contributed by atoms with Crippen LogP contribution in [-0.4, -0.2) is 59.4 Å². The van der Waals surface area contributed by atoms with E-state index in [0.29, 0.717) is 6.04 Å². The van der Waals surface area contributed by atoms with Crippen LogP contribution in [0.1, 0.15) is 36.0 Å². The fourth-order valence-corrected chi connectivity index (χ4v) is 5.35. The summed E-state index contributed by atoms with van der Waals surface area (Å²) in [4.78, 5) is 18.1. The summed E-state index contributed by atoms with van der Waals surface area (Å²) in [6, 6.07) is 18.8. The molecule has 0 saturated carbocycles. The normalized spacial score (nSPS) is 21.3. The molecular formula is C24H30N2OS. The van der Waals surface area contributed by atoms with Crippen molar-refractivity contribution in [2.24, 2.45) is 0 Å². The van der Waals surface area contributed by atoms with Crippen LogP contribution in [0.2, 0.25) is 0 Å². The summed E-state index contributed by atoms with van der Waals surface area (Å²) >= 11 is 2.01. The molecule has 2 aromatic rings. The molecule has 4 rings (SSSR count). The number of carbonyl (C=O) groups is 1. The first-order chi connectivity index (χ1) is 13.8. The summed E-state index contributed by atoms with van der Waals surface area (Å²) in [6.45, 7) is 4.29. The van der Waals surface area contributed by atoms with Crippen molar-refractivity contribution in [2.45, 2.75) is 31.7 Å². The van der Waals surface area contributed by atoms with Gasteiger partial charge in [-0.1, -0.05) is 48.9 Å². The van der Waals surface area contributed by atoms with Gasteiger partial charge in [-0.2, -0.15) is 11.8 Å². The number of nitrogens with zero attached hydrogens (tertiary/aromatic N) is 2. The van der Waals surface area contributed by atoms with Gasteiger partial charge >= 0.3 is 0 Å². The predicted octanol–water partition coefficient (Wildman–Crippen LogP) is 4.79. The van der Waals surface area contributed by atoms with Crippen LogP contribution in [0, 0.1) is 0 Å². The molecule has 2 aliphatic heterocycles. The Bertz CT molecular complexity index is 756. The van der Waals surface area contributed by atoms with Gasteiger partial charge in [0.05, 0.1) is 6.04 Å². The maximum atomic E-state index is 13.4. The van der Waals surface area contributed by atoms with Crippen LogP contribution in [0.5, 0.6) is 0 Å². The summed E-state index contributed by atoms with van der Waals surface area (Å²) in [5, 5.41) is 0. The molecule has 2 aromatic carbocycles. The van der Waals surface area contributed by atoms with Gasteiger partial charge in [-0.25, -0.2) is 0 Å². The molecule has 0 aliphatic carbocycles. The molecule has 2 heterocycles. The number of hydrogen-bond acceptors (Lipinski definition) is 3. The lowest BCUT2D eigenvalue weighted by atomic mass is 10.0. The molecule has 0 radical (unpaired) electrons. The molecule has 2 fully saturated rings. The second-order valence-corrected chi connectivity index (χ2v) is 9.04. The molecule has 2 aliphatic rings. The van der Waals surface area contributed by atoms with Gasteiger partial charge in [0.25, 0.3) is 5.91 Å². The third kappa shape index (κ3) is 4.79. The third-order valence-corrected chi connectivity index (χ3v) is 7.05. The minimum Gasteiger partial charge on any atom is -0.334 e. The second-order valence-electron chi connectivity index (χ2n) is 7.89. The fraction of sp³-hybridized carbons (Fsp3) is 0.458. The van der Waals surface area contributed by atoms with Crippen molar-refractivity contribution in [3.05, 3.63) is 60.2 Å². The molecular weight excluding hydrogens is 364 g/mol. The maximum absolute atomic E-state index is 13.4. The van der Waals surface area contributed by atoms with Gasteiger partial charge in [-0.15, -0.1) is 0 Å². The van der Waals surface area contributed by atoms with Gasteiger partial charge in [-0.3, -0.25) is 4.79 Å². The van der Waals surface area contributed by atoms with E-state index in [1.54, 1.807) is 0 Å². The van der Waals surface area contributed by atoms with E-state index in [1.165, 1.54) is 37.9 Å². The zero-order valence-corrected chi connectivity index (χ0v) is 17.4. The highest BCUT2D eigenvalue weighted by Gasteiger charge is 2.28. The average Bonchev–Trinajstić information content (AvgIpc) is 3.00. The Kier molecular flexibility index (Phi) is 6.71. The van der Waals surface area contributed by atoms with Crippen LogP contribution < -0.4 is 0 Å². The highest BCUT2D eigenvalue weighted by Crippen LogP contribution is 2.23. The van der Waals surface area contributed by atoms with Crippen LogP contribution in [0.15, 0.2) is 54.6 Å². The van der Waals surface area contributed by atoms with E-state index < -0.39 is 0 Å². The summed E-state index contributed by atoms with van der Waals surface area (Å²) in [6.07, 6.45) is 5.05. The molecule has 1 atom stereocenters. The van der Waals surface area contributed by atoms with Crippen LogP contribution in [0.4, 0.5) is 0 Å². The molecule has 28 heavy (non-hydrogen) atoms. The summed E-state index contributed by atoms with van der Waals surface area (Å²) in [5.74, 6) is 2.42. The molecule has 0 bridgehead atoms. The number of benzene rings is 2. The number of carbonyl (C=O) groups excluding carboxylic acids is 1. The molecule has 1 unspecified atom stereocenters. The van der Waals surface area contributed by atoms with Crippen LogP contribution in [0.25, 0.3) is 11.1 Å². The van der Waals surface area contributed by atoms with Gasteiger partial charge in [0, 0.05) is 24.4 Å². The Morgan fingerprint density at radius 2 is 1.57 bits per heavy atom. The zero-order chi connectivity index (χ0) is 19.2. The number of thioether (sulfide) groups is 1. The SMILES string of the molecule is O=C(c1ccc(-c2ccccc2)cc1)N1CCCSCC1CN1CCCCC1. The smallest absolute Gasteiger partial charge is 0.254 e. The van der Waals surface area contributed by atoms with Crippen LogP contribution >= 0.6 is 11.8 Å². The molecule has 4 heteroatoms. The van der Waals surface area contributed by atoms with E-state index in [4.69, 9.17) is 0 Å². The van der Waals surface area contributed by atoms with E-state index in [9.17, 15) is 4.79 Å². The van der Waals surface area contributed by atoms with Crippen molar-refractivity contribution in [3.63, 3.8) is 0 Å². The molecule has 0 N–H and O–H groups in total. The Labute approximate surface area is 173 Å². The largest absolute Gasteiger partial charge is 0.334 e. The quantitative estimate of drug-likeness (QED) is 0.745. The number of piperidine rings is 1. The Balaban J connectivity index is 1.48. The Morgan fingerprint density at radius 3 is 2.32 bits per heavy atom. The molecule has 1 amide bonds. The van der Waals surface area contributed by atoms with Crippen molar-refractivity contribution in [2.75, 3.05) is 37.7 Å². The molecule has 0 spiro atoms. The lowest BCUT2D eigenvalue weighted by Crippen LogP contribution is -2.49. The van der Waals surface area contributed by atoms with E-state index in [-0.39, 0.29) is 5.91 Å².